The van der Waals surface area contributed by atoms with E-state index >= 15 is 0 Å². The summed E-state index contributed by atoms with van der Waals surface area (Å²) in [5, 5.41) is 5.39. The molecule has 1 N–H and O–H groups in total. The highest BCUT2D eigenvalue weighted by Crippen LogP contribution is 2.21. The van der Waals surface area contributed by atoms with Crippen LogP contribution in [0, 0.1) is 0 Å². The molecule has 0 bridgehead atoms. The predicted molar refractivity (Wildman–Crippen MR) is 125 cm³/mol. The van der Waals surface area contributed by atoms with Crippen molar-refractivity contribution >= 4 is 32.4 Å². The van der Waals surface area contributed by atoms with Crippen LogP contribution in [0.3, 0.4) is 0 Å². The second kappa shape index (κ2) is 9.83. The Bertz CT molecular complexity index is 1140. The zero-order valence-electron chi connectivity index (χ0n) is 18.0. The summed E-state index contributed by atoms with van der Waals surface area (Å²) in [4.78, 5) is 12.4. The van der Waals surface area contributed by atoms with E-state index in [2.05, 4.69) is 35.6 Å². The van der Waals surface area contributed by atoms with Crippen LogP contribution in [0.4, 0.5) is 5.69 Å². The van der Waals surface area contributed by atoms with Gasteiger partial charge < -0.3 is 10.1 Å². The smallest absolute Gasteiger partial charge is 0.260 e. The molecular formula is C24H28N2O4S. The fraction of sp³-hybridized carbons (Fsp3) is 0.292. The minimum atomic E-state index is -3.32. The highest BCUT2D eigenvalue weighted by Gasteiger charge is 2.15. The molecule has 0 saturated heterocycles. The van der Waals surface area contributed by atoms with Crippen molar-refractivity contribution in [3.05, 3.63) is 72.3 Å². The zero-order chi connectivity index (χ0) is 22.4. The number of hydrogen-bond donors (Lipinski definition) is 1. The minimum absolute atomic E-state index is 0.185. The molecule has 164 valence electrons. The normalized spacial score (nSPS) is 12.4. The lowest BCUT2D eigenvalue weighted by molar-refractivity contribution is -0.127. The van der Waals surface area contributed by atoms with Gasteiger partial charge in [0.2, 0.25) is 10.0 Å². The monoisotopic (exact) mass is 440 g/mol. The van der Waals surface area contributed by atoms with Crippen molar-refractivity contribution in [2.24, 2.45) is 0 Å². The highest BCUT2D eigenvalue weighted by molar-refractivity contribution is 7.92. The van der Waals surface area contributed by atoms with E-state index in [1.807, 2.05) is 12.1 Å². The minimum Gasteiger partial charge on any atom is -0.481 e. The molecule has 0 saturated carbocycles. The maximum atomic E-state index is 12.4. The Morgan fingerprint density at radius 1 is 1.03 bits per heavy atom. The largest absolute Gasteiger partial charge is 0.481 e. The fourth-order valence-electron chi connectivity index (χ4n) is 3.33. The summed E-state index contributed by atoms with van der Waals surface area (Å²) in [6.07, 6.45) is 2.20. The number of nitrogens with zero attached hydrogens (tertiary/aromatic N) is 1. The van der Waals surface area contributed by atoms with Crippen LogP contribution in [-0.2, 0) is 21.2 Å². The standard InChI is InChI=1S/C24H28N2O4S/c1-18(30-22-15-13-21(14-16-22)26(2)31(3,28)29)24(27)25-17-7-11-20-10-6-9-19-8-4-5-12-23(19)20/h4-6,8-10,12-16,18H,7,11,17H2,1-3H3,(H,25,27)/t18-/m1/s1. The van der Waals surface area contributed by atoms with Gasteiger partial charge in [-0.25, -0.2) is 8.42 Å². The lowest BCUT2D eigenvalue weighted by atomic mass is 10.0. The van der Waals surface area contributed by atoms with E-state index in [-0.39, 0.29) is 5.91 Å². The van der Waals surface area contributed by atoms with Crippen molar-refractivity contribution in [3.63, 3.8) is 0 Å². The Kier molecular flexibility index (Phi) is 7.17. The third-order valence-electron chi connectivity index (χ3n) is 5.18. The lowest BCUT2D eigenvalue weighted by Crippen LogP contribution is -2.36. The number of sulfonamides is 1. The van der Waals surface area contributed by atoms with E-state index in [4.69, 9.17) is 4.74 Å². The van der Waals surface area contributed by atoms with Crippen molar-refractivity contribution in [2.45, 2.75) is 25.9 Å². The van der Waals surface area contributed by atoms with Gasteiger partial charge in [0, 0.05) is 13.6 Å². The third-order valence-corrected chi connectivity index (χ3v) is 6.39. The van der Waals surface area contributed by atoms with E-state index in [0.717, 1.165) is 19.1 Å². The van der Waals surface area contributed by atoms with E-state index in [9.17, 15) is 13.2 Å². The van der Waals surface area contributed by atoms with Gasteiger partial charge in [-0.3, -0.25) is 9.10 Å². The average molecular weight is 441 g/mol. The van der Waals surface area contributed by atoms with Gasteiger partial charge in [-0.2, -0.15) is 0 Å². The average Bonchev–Trinajstić information content (AvgIpc) is 2.76. The maximum absolute atomic E-state index is 12.4. The number of fused-ring (bicyclic) bond motifs is 1. The van der Waals surface area contributed by atoms with E-state index in [1.165, 1.54) is 27.7 Å². The molecule has 0 heterocycles. The molecule has 7 heteroatoms. The van der Waals surface area contributed by atoms with Gasteiger partial charge in [-0.15, -0.1) is 0 Å². The van der Waals surface area contributed by atoms with Crippen LogP contribution in [0.15, 0.2) is 66.7 Å². The Balaban J connectivity index is 1.47. The second-order valence-corrected chi connectivity index (χ2v) is 9.53. The van der Waals surface area contributed by atoms with E-state index in [0.29, 0.717) is 18.0 Å². The number of nitrogens with one attached hydrogen (secondary N) is 1. The van der Waals surface area contributed by atoms with E-state index < -0.39 is 16.1 Å². The van der Waals surface area contributed by atoms with Crippen LogP contribution in [-0.4, -0.2) is 40.3 Å². The van der Waals surface area contributed by atoms with Gasteiger partial charge in [-0.05, 0) is 60.4 Å². The molecule has 0 radical (unpaired) electrons. The zero-order valence-corrected chi connectivity index (χ0v) is 18.9. The first-order valence-electron chi connectivity index (χ1n) is 10.2. The molecule has 0 spiro atoms. The summed E-state index contributed by atoms with van der Waals surface area (Å²) < 4.78 is 30.1. The SMILES string of the molecule is C[C@@H](Oc1ccc(N(C)S(C)(=O)=O)cc1)C(=O)NCCCc1cccc2ccccc12. The number of anilines is 1. The molecule has 6 nitrogen and oxygen atoms in total. The number of hydrogen-bond acceptors (Lipinski definition) is 4. The molecule has 3 rings (SSSR count). The van der Waals surface area contributed by atoms with Gasteiger partial charge in [0.05, 0.1) is 11.9 Å². The van der Waals surface area contributed by atoms with Crippen LogP contribution in [0.2, 0.25) is 0 Å². The van der Waals surface area contributed by atoms with Gasteiger partial charge in [0.1, 0.15) is 5.75 Å². The number of amides is 1. The first-order valence-corrected chi connectivity index (χ1v) is 12.1. The summed E-state index contributed by atoms with van der Waals surface area (Å²) in [5.74, 6) is 0.319. The molecule has 0 aromatic heterocycles. The van der Waals surface area contributed by atoms with Gasteiger partial charge in [0.25, 0.3) is 5.91 Å². The van der Waals surface area contributed by atoms with Crippen LogP contribution in [0.1, 0.15) is 18.9 Å². The number of rotatable bonds is 9. The topological polar surface area (TPSA) is 75.7 Å². The fourth-order valence-corrected chi connectivity index (χ4v) is 3.83. The number of benzene rings is 3. The van der Waals surface area contributed by atoms with Crippen LogP contribution >= 0.6 is 0 Å². The molecular weight excluding hydrogens is 412 g/mol. The van der Waals surface area contributed by atoms with Gasteiger partial charge >= 0.3 is 0 Å². The molecule has 0 aliphatic heterocycles. The third kappa shape index (κ3) is 5.98. The first-order chi connectivity index (χ1) is 14.8. The molecule has 0 aliphatic carbocycles. The Labute approximate surface area is 183 Å². The molecule has 3 aromatic carbocycles. The summed E-state index contributed by atoms with van der Waals surface area (Å²) in [5.41, 5.74) is 1.80. The molecule has 1 atom stereocenters. The number of ether oxygens (including phenoxy) is 1. The molecule has 3 aromatic rings. The van der Waals surface area contributed by atoms with Crippen LogP contribution in [0.5, 0.6) is 5.75 Å². The van der Waals surface area contributed by atoms with Crippen molar-refractivity contribution in [1.82, 2.24) is 5.32 Å². The number of aryl methyl sites for hydroxylation is 1. The summed E-state index contributed by atoms with van der Waals surface area (Å²) >= 11 is 0. The first kappa shape index (κ1) is 22.6. The van der Waals surface area contributed by atoms with Crippen molar-refractivity contribution < 1.29 is 17.9 Å². The highest BCUT2D eigenvalue weighted by atomic mass is 32.2. The summed E-state index contributed by atoms with van der Waals surface area (Å²) in [7, 11) is -1.84. The summed E-state index contributed by atoms with van der Waals surface area (Å²) in [6, 6.07) is 21.2. The molecule has 31 heavy (non-hydrogen) atoms. The Hall–Kier alpha value is -3.06. The van der Waals surface area contributed by atoms with Crippen LogP contribution < -0.4 is 14.4 Å². The maximum Gasteiger partial charge on any atom is 0.260 e. The molecule has 0 unspecified atom stereocenters. The van der Waals surface area contributed by atoms with Crippen molar-refractivity contribution in [1.29, 1.82) is 0 Å². The van der Waals surface area contributed by atoms with E-state index in [1.54, 1.807) is 31.2 Å². The molecule has 0 fully saturated rings. The molecule has 0 aliphatic rings. The molecule has 1 amide bonds. The Morgan fingerprint density at radius 3 is 2.42 bits per heavy atom. The Morgan fingerprint density at radius 2 is 1.71 bits per heavy atom. The quantitative estimate of drug-likeness (QED) is 0.514. The number of carbonyl (C=O) groups is 1. The van der Waals surface area contributed by atoms with Gasteiger partial charge in [-0.1, -0.05) is 42.5 Å². The second-order valence-electron chi connectivity index (χ2n) is 7.52. The summed E-state index contributed by atoms with van der Waals surface area (Å²) in [6.45, 7) is 2.25. The van der Waals surface area contributed by atoms with Crippen molar-refractivity contribution in [2.75, 3.05) is 24.2 Å². The van der Waals surface area contributed by atoms with Gasteiger partial charge in [0.15, 0.2) is 6.10 Å². The van der Waals surface area contributed by atoms with Crippen molar-refractivity contribution in [3.8, 4) is 5.75 Å². The number of carbonyl (C=O) groups excluding carboxylic acids is 1. The van der Waals surface area contributed by atoms with Crippen LogP contribution in [0.25, 0.3) is 10.8 Å². The predicted octanol–water partition coefficient (Wildman–Crippen LogP) is 3.75. The lowest BCUT2D eigenvalue weighted by Gasteiger charge is -2.18.